The van der Waals surface area contributed by atoms with Crippen LogP contribution in [0.4, 0.5) is 5.82 Å². The van der Waals surface area contributed by atoms with E-state index in [0.29, 0.717) is 5.82 Å². The lowest BCUT2D eigenvalue weighted by Gasteiger charge is -2.22. The molecule has 1 aromatic heterocycles. The number of nitrogens with zero attached hydrogens (tertiary/aromatic N) is 1. The van der Waals surface area contributed by atoms with E-state index in [4.69, 9.17) is 0 Å². The van der Waals surface area contributed by atoms with Crippen LogP contribution in [-0.2, 0) is 4.79 Å². The fraction of sp³-hybridized carbons (Fsp3) is 0.333. The zero-order valence-electron chi connectivity index (χ0n) is 13.3. The molecule has 1 amide bonds. The van der Waals surface area contributed by atoms with E-state index < -0.39 is 4.75 Å². The van der Waals surface area contributed by atoms with Crippen LogP contribution in [0.1, 0.15) is 27.2 Å². The zero-order chi connectivity index (χ0) is 16.0. The Hall–Kier alpha value is -1.81. The highest BCUT2D eigenvalue weighted by molar-refractivity contribution is 8.01. The summed E-state index contributed by atoms with van der Waals surface area (Å²) in [5, 5.41) is 2.90. The van der Waals surface area contributed by atoms with E-state index >= 15 is 0 Å². The Kier molecular flexibility index (Phi) is 5.61. The topological polar surface area (TPSA) is 42.0 Å². The van der Waals surface area contributed by atoms with E-state index in [0.717, 1.165) is 23.3 Å². The van der Waals surface area contributed by atoms with Gasteiger partial charge < -0.3 is 5.32 Å². The highest BCUT2D eigenvalue weighted by Crippen LogP contribution is 2.27. The van der Waals surface area contributed by atoms with Gasteiger partial charge in [-0.3, -0.25) is 4.79 Å². The molecular formula is C18H22N2OS. The second-order valence-electron chi connectivity index (χ2n) is 5.61. The van der Waals surface area contributed by atoms with Crippen LogP contribution in [0.25, 0.3) is 11.1 Å². The lowest BCUT2D eigenvalue weighted by atomic mass is 10.1. The van der Waals surface area contributed by atoms with Crippen LogP contribution < -0.4 is 5.32 Å². The molecule has 0 aliphatic carbocycles. The Morgan fingerprint density at radius 3 is 2.45 bits per heavy atom. The van der Waals surface area contributed by atoms with E-state index in [-0.39, 0.29) is 5.91 Å². The maximum atomic E-state index is 12.3. The molecule has 1 aromatic carbocycles. The van der Waals surface area contributed by atoms with E-state index in [1.165, 1.54) is 0 Å². The second kappa shape index (κ2) is 7.45. The molecule has 0 unspecified atom stereocenters. The molecule has 1 N–H and O–H groups in total. The van der Waals surface area contributed by atoms with Crippen LogP contribution in [0.2, 0.25) is 0 Å². The molecule has 0 saturated carbocycles. The molecule has 2 rings (SSSR count). The predicted molar refractivity (Wildman–Crippen MR) is 95.1 cm³/mol. The van der Waals surface area contributed by atoms with Gasteiger partial charge in [-0.15, -0.1) is 11.8 Å². The van der Waals surface area contributed by atoms with Crippen molar-refractivity contribution < 1.29 is 4.79 Å². The maximum Gasteiger partial charge on any atom is 0.241 e. The lowest BCUT2D eigenvalue weighted by Crippen LogP contribution is -2.34. The van der Waals surface area contributed by atoms with Gasteiger partial charge in [0, 0.05) is 11.8 Å². The summed E-state index contributed by atoms with van der Waals surface area (Å²) < 4.78 is -0.449. The van der Waals surface area contributed by atoms with Crippen molar-refractivity contribution in [2.24, 2.45) is 0 Å². The minimum Gasteiger partial charge on any atom is -0.310 e. The number of carbonyl (C=O) groups excluding carboxylic acids is 1. The Labute approximate surface area is 136 Å². The van der Waals surface area contributed by atoms with Crippen molar-refractivity contribution in [1.82, 2.24) is 4.98 Å². The van der Waals surface area contributed by atoms with Crippen molar-refractivity contribution in [2.75, 3.05) is 11.1 Å². The Morgan fingerprint density at radius 2 is 1.86 bits per heavy atom. The average Bonchev–Trinajstić information content (AvgIpc) is 2.54. The third-order valence-corrected chi connectivity index (χ3v) is 4.85. The summed E-state index contributed by atoms with van der Waals surface area (Å²) in [4.78, 5) is 16.7. The van der Waals surface area contributed by atoms with Gasteiger partial charge in [-0.1, -0.05) is 37.3 Å². The molecular weight excluding hydrogens is 292 g/mol. The first-order valence-corrected chi connectivity index (χ1v) is 8.48. The van der Waals surface area contributed by atoms with Crippen molar-refractivity contribution in [3.8, 4) is 11.1 Å². The monoisotopic (exact) mass is 314 g/mol. The van der Waals surface area contributed by atoms with Crippen molar-refractivity contribution >= 4 is 23.5 Å². The highest BCUT2D eigenvalue weighted by atomic mass is 32.2. The van der Waals surface area contributed by atoms with Gasteiger partial charge >= 0.3 is 0 Å². The second-order valence-corrected chi connectivity index (χ2v) is 7.33. The summed E-state index contributed by atoms with van der Waals surface area (Å²) in [6.45, 7) is 6.01. The Morgan fingerprint density at radius 1 is 1.14 bits per heavy atom. The van der Waals surface area contributed by atoms with Crippen molar-refractivity contribution in [2.45, 2.75) is 31.9 Å². The summed E-state index contributed by atoms with van der Waals surface area (Å²) in [5.41, 5.74) is 2.16. The summed E-state index contributed by atoms with van der Waals surface area (Å²) in [7, 11) is 0. The number of benzene rings is 1. The molecule has 0 atom stereocenters. The molecule has 3 nitrogen and oxygen atoms in total. The molecule has 0 aliphatic heterocycles. The predicted octanol–water partition coefficient (Wildman–Crippen LogP) is 4.61. The molecule has 116 valence electrons. The largest absolute Gasteiger partial charge is 0.310 e. The Balaban J connectivity index is 2.04. The first-order valence-electron chi connectivity index (χ1n) is 7.50. The van der Waals surface area contributed by atoms with Crippen LogP contribution in [0.5, 0.6) is 0 Å². The first kappa shape index (κ1) is 16.6. The van der Waals surface area contributed by atoms with Crippen molar-refractivity contribution in [3.63, 3.8) is 0 Å². The fourth-order valence-electron chi connectivity index (χ4n) is 1.96. The van der Waals surface area contributed by atoms with Gasteiger partial charge in [0.25, 0.3) is 0 Å². The molecule has 0 aliphatic rings. The smallest absolute Gasteiger partial charge is 0.241 e. The number of hydrogen-bond donors (Lipinski definition) is 1. The van der Waals surface area contributed by atoms with Gasteiger partial charge in [0.05, 0.1) is 4.75 Å². The number of aromatic nitrogens is 1. The van der Waals surface area contributed by atoms with Gasteiger partial charge in [0.2, 0.25) is 5.91 Å². The van der Waals surface area contributed by atoms with Crippen molar-refractivity contribution in [1.29, 1.82) is 0 Å². The Bertz CT molecular complexity index is 609. The summed E-state index contributed by atoms with van der Waals surface area (Å²) >= 11 is 1.67. The van der Waals surface area contributed by atoms with Crippen LogP contribution >= 0.6 is 11.8 Å². The number of nitrogens with one attached hydrogen (secondary N) is 1. The van der Waals surface area contributed by atoms with Gasteiger partial charge in [0.15, 0.2) is 0 Å². The van der Waals surface area contributed by atoms with Crippen LogP contribution in [0, 0.1) is 0 Å². The first-order chi connectivity index (χ1) is 10.5. The molecule has 0 bridgehead atoms. The normalized spacial score (nSPS) is 11.2. The van der Waals surface area contributed by atoms with E-state index in [1.54, 1.807) is 18.0 Å². The number of anilines is 1. The number of pyridine rings is 1. The molecule has 0 fully saturated rings. The van der Waals surface area contributed by atoms with Gasteiger partial charge in [-0.25, -0.2) is 4.98 Å². The number of rotatable bonds is 6. The highest BCUT2D eigenvalue weighted by Gasteiger charge is 2.27. The molecule has 22 heavy (non-hydrogen) atoms. The van der Waals surface area contributed by atoms with Gasteiger partial charge in [0.1, 0.15) is 5.82 Å². The summed E-state index contributed by atoms with van der Waals surface area (Å²) in [5.74, 6) is 1.56. The molecule has 1 heterocycles. The van der Waals surface area contributed by atoms with Crippen LogP contribution in [0.3, 0.4) is 0 Å². The lowest BCUT2D eigenvalue weighted by molar-refractivity contribution is -0.117. The molecule has 0 radical (unpaired) electrons. The minimum atomic E-state index is -0.449. The molecule has 2 aromatic rings. The molecule has 0 saturated heterocycles. The van der Waals surface area contributed by atoms with E-state index in [2.05, 4.69) is 17.2 Å². The third-order valence-electron chi connectivity index (χ3n) is 3.33. The van der Waals surface area contributed by atoms with Crippen molar-refractivity contribution in [3.05, 3.63) is 48.7 Å². The van der Waals surface area contributed by atoms with Gasteiger partial charge in [-0.2, -0.15) is 0 Å². The molecule has 0 spiro atoms. The van der Waals surface area contributed by atoms with Gasteiger partial charge in [-0.05, 0) is 43.7 Å². The van der Waals surface area contributed by atoms with Crippen LogP contribution in [-0.4, -0.2) is 21.4 Å². The zero-order valence-corrected chi connectivity index (χ0v) is 14.1. The molecule has 4 heteroatoms. The van der Waals surface area contributed by atoms with Crippen LogP contribution in [0.15, 0.2) is 48.7 Å². The minimum absolute atomic E-state index is 0.00842. The number of carbonyl (C=O) groups is 1. The third kappa shape index (κ3) is 4.34. The number of hydrogen-bond acceptors (Lipinski definition) is 3. The summed E-state index contributed by atoms with van der Waals surface area (Å²) in [6.07, 6.45) is 2.85. The fourth-order valence-corrected chi connectivity index (χ4v) is 2.86. The number of amides is 1. The average molecular weight is 314 g/mol. The van der Waals surface area contributed by atoms with E-state index in [1.807, 2.05) is 56.3 Å². The quantitative estimate of drug-likeness (QED) is 0.846. The maximum absolute atomic E-state index is 12.3. The number of thioether (sulfide) groups is 1. The SMILES string of the molecule is CCCSC(C)(C)C(=O)Nc1ccc(-c2ccccc2)cn1. The summed E-state index contributed by atoms with van der Waals surface area (Å²) in [6, 6.07) is 13.9. The van der Waals surface area contributed by atoms with E-state index in [9.17, 15) is 4.79 Å². The standard InChI is InChI=1S/C18H22N2OS/c1-4-12-22-18(2,3)17(21)20-16-11-10-15(13-19-16)14-8-6-5-7-9-14/h5-11,13H,4,12H2,1-3H3,(H,19,20,21).